The van der Waals surface area contributed by atoms with Gasteiger partial charge in [-0.3, -0.25) is 9.48 Å². The molecule has 5 heteroatoms. The molecular weight excluding hydrogens is 290 g/mol. The van der Waals surface area contributed by atoms with Gasteiger partial charge in [0.05, 0.1) is 17.4 Å². The van der Waals surface area contributed by atoms with Crippen LogP contribution in [-0.2, 0) is 13.0 Å². The van der Waals surface area contributed by atoms with Gasteiger partial charge in [0.25, 0.3) is 5.91 Å². The molecule has 2 aromatic heterocycles. The number of aromatic nitrogens is 2. The van der Waals surface area contributed by atoms with Gasteiger partial charge in [0.2, 0.25) is 0 Å². The fourth-order valence-electron chi connectivity index (χ4n) is 2.49. The fourth-order valence-corrected chi connectivity index (χ4v) is 2.49. The molecule has 0 bridgehead atoms. The van der Waals surface area contributed by atoms with Crippen molar-refractivity contribution < 1.29 is 9.21 Å². The van der Waals surface area contributed by atoms with Crippen LogP contribution in [0.1, 0.15) is 27.4 Å². The Balaban J connectivity index is 1.61. The molecule has 3 aromatic rings. The molecule has 0 saturated carbocycles. The fraction of sp³-hybridized carbons (Fsp3) is 0.222. The van der Waals surface area contributed by atoms with Crippen LogP contribution < -0.4 is 5.32 Å². The lowest BCUT2D eigenvalue weighted by Gasteiger charge is -2.02. The number of rotatable bonds is 5. The van der Waals surface area contributed by atoms with E-state index >= 15 is 0 Å². The molecule has 0 spiro atoms. The van der Waals surface area contributed by atoms with Gasteiger partial charge in [-0.2, -0.15) is 5.10 Å². The maximum atomic E-state index is 12.2. The van der Waals surface area contributed by atoms with Crippen LogP contribution in [0.4, 0.5) is 5.69 Å². The second-order valence-electron chi connectivity index (χ2n) is 5.51. The summed E-state index contributed by atoms with van der Waals surface area (Å²) in [7, 11) is 0. The van der Waals surface area contributed by atoms with E-state index < -0.39 is 0 Å². The minimum Gasteiger partial charge on any atom is -0.466 e. The van der Waals surface area contributed by atoms with Gasteiger partial charge in [0.15, 0.2) is 0 Å². The monoisotopic (exact) mass is 309 g/mol. The molecule has 0 aliphatic carbocycles. The van der Waals surface area contributed by atoms with Crippen LogP contribution in [0, 0.1) is 13.8 Å². The summed E-state index contributed by atoms with van der Waals surface area (Å²) in [5.74, 6) is 1.17. The van der Waals surface area contributed by atoms with Crippen LogP contribution in [0.2, 0.25) is 0 Å². The molecule has 3 rings (SSSR count). The van der Waals surface area contributed by atoms with Crippen molar-refractivity contribution in [3.05, 3.63) is 71.4 Å². The third-order valence-electron chi connectivity index (χ3n) is 3.65. The standard InChI is InChI=1S/C18H19N3O2/c1-13-10-17(14(2)23-13)18(22)20-16-11-19-21(12-16)9-8-15-6-4-3-5-7-15/h3-7,10-12H,8-9H2,1-2H3,(H,20,22). The molecule has 0 unspecified atom stereocenters. The minimum atomic E-state index is -0.179. The lowest BCUT2D eigenvalue weighted by Crippen LogP contribution is -2.11. The van der Waals surface area contributed by atoms with E-state index in [0.29, 0.717) is 17.0 Å². The van der Waals surface area contributed by atoms with Gasteiger partial charge in [-0.25, -0.2) is 0 Å². The van der Waals surface area contributed by atoms with Gasteiger partial charge in [-0.1, -0.05) is 30.3 Å². The molecule has 118 valence electrons. The summed E-state index contributed by atoms with van der Waals surface area (Å²) >= 11 is 0. The quantitative estimate of drug-likeness (QED) is 0.783. The van der Waals surface area contributed by atoms with Crippen molar-refractivity contribution in [2.24, 2.45) is 0 Å². The van der Waals surface area contributed by atoms with E-state index in [0.717, 1.165) is 18.7 Å². The largest absolute Gasteiger partial charge is 0.466 e. The Hall–Kier alpha value is -2.82. The van der Waals surface area contributed by atoms with E-state index in [4.69, 9.17) is 4.42 Å². The number of aryl methyl sites for hydroxylation is 4. The topological polar surface area (TPSA) is 60.1 Å². The third-order valence-corrected chi connectivity index (χ3v) is 3.65. The Morgan fingerprint density at radius 3 is 2.74 bits per heavy atom. The molecule has 0 fully saturated rings. The van der Waals surface area contributed by atoms with E-state index in [1.165, 1.54) is 5.56 Å². The molecule has 5 nitrogen and oxygen atoms in total. The van der Waals surface area contributed by atoms with Crippen molar-refractivity contribution in [3.8, 4) is 0 Å². The normalized spacial score (nSPS) is 10.7. The van der Waals surface area contributed by atoms with Gasteiger partial charge in [0.1, 0.15) is 11.5 Å². The van der Waals surface area contributed by atoms with Crippen molar-refractivity contribution in [1.82, 2.24) is 9.78 Å². The van der Waals surface area contributed by atoms with Gasteiger partial charge in [-0.05, 0) is 31.9 Å². The summed E-state index contributed by atoms with van der Waals surface area (Å²) in [5, 5.41) is 7.13. The predicted molar refractivity (Wildman–Crippen MR) is 88.5 cm³/mol. The van der Waals surface area contributed by atoms with Crippen molar-refractivity contribution in [1.29, 1.82) is 0 Å². The van der Waals surface area contributed by atoms with E-state index in [1.807, 2.05) is 36.0 Å². The van der Waals surface area contributed by atoms with Gasteiger partial charge < -0.3 is 9.73 Å². The Morgan fingerprint density at radius 1 is 1.26 bits per heavy atom. The number of furan rings is 1. The summed E-state index contributed by atoms with van der Waals surface area (Å²) in [6.07, 6.45) is 4.39. The van der Waals surface area contributed by atoms with Crippen molar-refractivity contribution >= 4 is 11.6 Å². The molecule has 1 amide bonds. The third kappa shape index (κ3) is 3.69. The Labute approximate surface area is 134 Å². The molecule has 0 radical (unpaired) electrons. The zero-order chi connectivity index (χ0) is 16.2. The summed E-state index contributed by atoms with van der Waals surface area (Å²) < 4.78 is 7.21. The van der Waals surface area contributed by atoms with Gasteiger partial charge in [0, 0.05) is 12.7 Å². The first kappa shape index (κ1) is 15.1. The number of nitrogens with one attached hydrogen (secondary N) is 1. The van der Waals surface area contributed by atoms with Crippen LogP contribution in [0.3, 0.4) is 0 Å². The van der Waals surface area contributed by atoms with Gasteiger partial charge >= 0.3 is 0 Å². The maximum absolute atomic E-state index is 12.2. The van der Waals surface area contributed by atoms with Gasteiger partial charge in [-0.15, -0.1) is 0 Å². The predicted octanol–water partition coefficient (Wildman–Crippen LogP) is 3.59. The number of benzene rings is 1. The zero-order valence-electron chi connectivity index (χ0n) is 13.2. The first-order valence-electron chi connectivity index (χ1n) is 7.56. The highest BCUT2D eigenvalue weighted by Gasteiger charge is 2.14. The molecule has 1 aromatic carbocycles. The number of hydrogen-bond donors (Lipinski definition) is 1. The van der Waals surface area contributed by atoms with Crippen LogP contribution in [0.5, 0.6) is 0 Å². The smallest absolute Gasteiger partial charge is 0.259 e. The summed E-state index contributed by atoms with van der Waals surface area (Å²) in [5.41, 5.74) is 2.50. The Kier molecular flexibility index (Phi) is 4.28. The number of amides is 1. The van der Waals surface area contributed by atoms with Crippen LogP contribution in [0.25, 0.3) is 0 Å². The Bertz CT molecular complexity index is 803. The molecule has 23 heavy (non-hydrogen) atoms. The van der Waals surface area contributed by atoms with Crippen molar-refractivity contribution in [3.63, 3.8) is 0 Å². The van der Waals surface area contributed by atoms with Crippen molar-refractivity contribution in [2.75, 3.05) is 5.32 Å². The molecule has 2 heterocycles. The first-order valence-corrected chi connectivity index (χ1v) is 7.56. The summed E-state index contributed by atoms with van der Waals surface area (Å²) in [4.78, 5) is 12.2. The molecule has 0 aliphatic rings. The maximum Gasteiger partial charge on any atom is 0.259 e. The lowest BCUT2D eigenvalue weighted by atomic mass is 10.1. The van der Waals surface area contributed by atoms with E-state index in [1.54, 1.807) is 19.2 Å². The van der Waals surface area contributed by atoms with E-state index in [2.05, 4.69) is 22.5 Å². The second kappa shape index (κ2) is 6.52. The number of nitrogens with zero attached hydrogens (tertiary/aromatic N) is 2. The number of hydrogen-bond acceptors (Lipinski definition) is 3. The minimum absolute atomic E-state index is 0.179. The highest BCUT2D eigenvalue weighted by atomic mass is 16.3. The van der Waals surface area contributed by atoms with Crippen LogP contribution >= 0.6 is 0 Å². The SMILES string of the molecule is Cc1cc(C(=O)Nc2cnn(CCc3ccccc3)c2)c(C)o1. The lowest BCUT2D eigenvalue weighted by molar-refractivity contribution is 0.102. The molecular formula is C18H19N3O2. The molecule has 0 saturated heterocycles. The zero-order valence-corrected chi connectivity index (χ0v) is 13.2. The van der Waals surface area contributed by atoms with Crippen LogP contribution in [0.15, 0.2) is 53.2 Å². The molecule has 0 aliphatic heterocycles. The Morgan fingerprint density at radius 2 is 2.04 bits per heavy atom. The first-order chi connectivity index (χ1) is 11.1. The van der Waals surface area contributed by atoms with E-state index in [9.17, 15) is 4.79 Å². The van der Waals surface area contributed by atoms with E-state index in [-0.39, 0.29) is 5.91 Å². The summed E-state index contributed by atoms with van der Waals surface area (Å²) in [6.45, 7) is 4.38. The summed E-state index contributed by atoms with van der Waals surface area (Å²) in [6, 6.07) is 12.0. The number of anilines is 1. The molecule has 1 N–H and O–H groups in total. The van der Waals surface area contributed by atoms with Crippen molar-refractivity contribution in [2.45, 2.75) is 26.8 Å². The molecule has 0 atom stereocenters. The average Bonchev–Trinajstić information content (AvgIpc) is 3.12. The number of carbonyl (C=O) groups is 1. The highest BCUT2D eigenvalue weighted by molar-refractivity contribution is 6.04. The second-order valence-corrected chi connectivity index (χ2v) is 5.51. The highest BCUT2D eigenvalue weighted by Crippen LogP contribution is 2.16. The number of carbonyl (C=O) groups excluding carboxylic acids is 1. The van der Waals surface area contributed by atoms with Crippen LogP contribution in [-0.4, -0.2) is 15.7 Å². The average molecular weight is 309 g/mol.